The Hall–Kier alpha value is -0.610. The van der Waals surface area contributed by atoms with E-state index in [2.05, 4.69) is 36.1 Å². The highest BCUT2D eigenvalue weighted by molar-refractivity contribution is 5.83. The molecule has 0 spiro atoms. The minimum atomic E-state index is -0.172. The number of likely N-dealkylation sites (N-methyl/N-ethyl adjacent to an activating group) is 1. The van der Waals surface area contributed by atoms with Gasteiger partial charge in [-0.2, -0.15) is 0 Å². The number of hydrogen-bond donors (Lipinski definition) is 1. The van der Waals surface area contributed by atoms with E-state index in [1.54, 1.807) is 0 Å². The molecule has 4 nitrogen and oxygen atoms in total. The summed E-state index contributed by atoms with van der Waals surface area (Å²) < 4.78 is 0. The lowest BCUT2D eigenvalue weighted by Crippen LogP contribution is -2.50. The van der Waals surface area contributed by atoms with Gasteiger partial charge >= 0.3 is 0 Å². The van der Waals surface area contributed by atoms with Gasteiger partial charge in [-0.3, -0.25) is 4.79 Å². The van der Waals surface area contributed by atoms with E-state index in [-0.39, 0.29) is 5.41 Å². The second kappa shape index (κ2) is 6.23. The van der Waals surface area contributed by atoms with Crippen molar-refractivity contribution in [3.63, 3.8) is 0 Å². The molecule has 0 aromatic rings. The Morgan fingerprint density at radius 2 is 1.95 bits per heavy atom. The zero-order chi connectivity index (χ0) is 13.9. The Morgan fingerprint density at radius 1 is 1.26 bits per heavy atom. The Bertz CT molecular complexity index is 305. The first kappa shape index (κ1) is 14.8. The van der Waals surface area contributed by atoms with E-state index in [0.717, 1.165) is 32.6 Å². The molecular formula is C15H29N3O. The maximum Gasteiger partial charge on any atom is 0.230 e. The number of carbonyl (C=O) groups excluding carboxylic acids is 1. The van der Waals surface area contributed by atoms with Crippen LogP contribution in [-0.2, 0) is 4.79 Å². The molecule has 1 aliphatic heterocycles. The molecule has 1 saturated heterocycles. The number of rotatable bonds is 5. The third kappa shape index (κ3) is 3.48. The van der Waals surface area contributed by atoms with Gasteiger partial charge in [-0.15, -0.1) is 0 Å². The Labute approximate surface area is 117 Å². The predicted molar refractivity (Wildman–Crippen MR) is 78.1 cm³/mol. The molecule has 1 saturated carbocycles. The second-order valence-electron chi connectivity index (χ2n) is 6.73. The van der Waals surface area contributed by atoms with Crippen molar-refractivity contribution < 1.29 is 4.79 Å². The number of amides is 1. The fourth-order valence-electron chi connectivity index (χ4n) is 3.32. The first-order valence-electron chi connectivity index (χ1n) is 7.69. The van der Waals surface area contributed by atoms with Crippen molar-refractivity contribution in [3.05, 3.63) is 0 Å². The van der Waals surface area contributed by atoms with E-state index < -0.39 is 0 Å². The van der Waals surface area contributed by atoms with Crippen molar-refractivity contribution in [1.29, 1.82) is 0 Å². The van der Waals surface area contributed by atoms with Gasteiger partial charge in [0.05, 0.1) is 5.41 Å². The summed E-state index contributed by atoms with van der Waals surface area (Å²) in [7, 11) is 4.16. The van der Waals surface area contributed by atoms with Gasteiger partial charge in [0.1, 0.15) is 0 Å². The average Bonchev–Trinajstić information content (AvgIpc) is 3.01. The summed E-state index contributed by atoms with van der Waals surface area (Å²) in [6.07, 6.45) is 5.94. The van der Waals surface area contributed by atoms with Crippen LogP contribution < -0.4 is 5.32 Å². The monoisotopic (exact) mass is 267 g/mol. The Kier molecular flexibility index (Phi) is 4.85. The van der Waals surface area contributed by atoms with Gasteiger partial charge < -0.3 is 15.1 Å². The standard InChI is InChI=1S/C15H29N3O/c1-15(8-9-16-12-15)14(19)18(11-10-17(2)3)13-6-4-5-7-13/h13,16H,4-12H2,1-3H3. The molecule has 2 aliphatic rings. The second-order valence-corrected chi connectivity index (χ2v) is 6.73. The zero-order valence-corrected chi connectivity index (χ0v) is 12.7. The number of nitrogens with one attached hydrogen (secondary N) is 1. The molecule has 1 unspecified atom stereocenters. The largest absolute Gasteiger partial charge is 0.338 e. The van der Waals surface area contributed by atoms with Crippen LogP contribution in [0.2, 0.25) is 0 Å². The van der Waals surface area contributed by atoms with Crippen molar-refractivity contribution in [1.82, 2.24) is 15.1 Å². The van der Waals surface area contributed by atoms with E-state index in [9.17, 15) is 4.79 Å². The van der Waals surface area contributed by atoms with E-state index >= 15 is 0 Å². The highest BCUT2D eigenvalue weighted by Crippen LogP contribution is 2.31. The summed E-state index contributed by atoms with van der Waals surface area (Å²) in [5.41, 5.74) is -0.172. The summed E-state index contributed by atoms with van der Waals surface area (Å²) in [4.78, 5) is 17.3. The van der Waals surface area contributed by atoms with Gasteiger partial charge in [-0.05, 0) is 46.8 Å². The molecule has 1 heterocycles. The third-order valence-electron chi connectivity index (χ3n) is 4.70. The maximum absolute atomic E-state index is 12.9. The maximum atomic E-state index is 12.9. The van der Waals surface area contributed by atoms with Crippen LogP contribution >= 0.6 is 0 Å². The molecule has 1 aliphatic carbocycles. The van der Waals surface area contributed by atoms with Gasteiger partial charge in [-0.25, -0.2) is 0 Å². The summed E-state index contributed by atoms with van der Waals surface area (Å²) >= 11 is 0. The Balaban J connectivity index is 2.04. The van der Waals surface area contributed by atoms with Crippen LogP contribution in [0, 0.1) is 5.41 Å². The molecule has 0 aromatic carbocycles. The average molecular weight is 267 g/mol. The van der Waals surface area contributed by atoms with Crippen molar-refractivity contribution in [3.8, 4) is 0 Å². The van der Waals surface area contributed by atoms with Crippen molar-refractivity contribution >= 4 is 5.91 Å². The quantitative estimate of drug-likeness (QED) is 0.816. The van der Waals surface area contributed by atoms with Crippen LogP contribution in [0.4, 0.5) is 0 Å². The minimum Gasteiger partial charge on any atom is -0.338 e. The summed E-state index contributed by atoms with van der Waals surface area (Å²) in [5, 5.41) is 3.35. The minimum absolute atomic E-state index is 0.172. The Morgan fingerprint density at radius 3 is 2.47 bits per heavy atom. The molecule has 0 radical (unpaired) electrons. The molecule has 2 fully saturated rings. The van der Waals surface area contributed by atoms with E-state index in [4.69, 9.17) is 0 Å². The first-order valence-corrected chi connectivity index (χ1v) is 7.69. The predicted octanol–water partition coefficient (Wildman–Crippen LogP) is 1.32. The molecule has 0 bridgehead atoms. The third-order valence-corrected chi connectivity index (χ3v) is 4.70. The van der Waals surface area contributed by atoms with Crippen molar-refractivity contribution in [2.45, 2.75) is 45.1 Å². The fourth-order valence-corrected chi connectivity index (χ4v) is 3.32. The summed E-state index contributed by atoms with van der Waals surface area (Å²) in [6, 6.07) is 0.491. The van der Waals surface area contributed by atoms with Gasteiger partial charge in [0.15, 0.2) is 0 Å². The van der Waals surface area contributed by atoms with Gasteiger partial charge in [0.2, 0.25) is 5.91 Å². The molecule has 1 amide bonds. The fraction of sp³-hybridized carbons (Fsp3) is 0.933. The van der Waals surface area contributed by atoms with Gasteiger partial charge in [-0.1, -0.05) is 12.8 Å². The van der Waals surface area contributed by atoms with Crippen LogP contribution in [0.3, 0.4) is 0 Å². The molecule has 4 heteroatoms. The highest BCUT2D eigenvalue weighted by atomic mass is 16.2. The van der Waals surface area contributed by atoms with Gasteiger partial charge in [0, 0.05) is 25.7 Å². The van der Waals surface area contributed by atoms with E-state index in [1.165, 1.54) is 25.7 Å². The molecule has 2 rings (SSSR count). The first-order chi connectivity index (χ1) is 9.03. The van der Waals surface area contributed by atoms with Crippen LogP contribution in [0.25, 0.3) is 0 Å². The molecular weight excluding hydrogens is 238 g/mol. The van der Waals surface area contributed by atoms with Crippen molar-refractivity contribution in [2.75, 3.05) is 40.3 Å². The number of hydrogen-bond acceptors (Lipinski definition) is 3. The normalized spacial score (nSPS) is 28.2. The summed E-state index contributed by atoms with van der Waals surface area (Å²) in [6.45, 7) is 5.80. The molecule has 0 aromatic heterocycles. The lowest BCUT2D eigenvalue weighted by molar-refractivity contribution is -0.142. The SMILES string of the molecule is CN(C)CCN(C(=O)C1(C)CCNC1)C1CCCC1. The lowest BCUT2D eigenvalue weighted by Gasteiger charge is -2.36. The number of carbonyl (C=O) groups is 1. The molecule has 1 atom stereocenters. The lowest BCUT2D eigenvalue weighted by atomic mass is 9.87. The highest BCUT2D eigenvalue weighted by Gasteiger charge is 2.41. The van der Waals surface area contributed by atoms with Crippen LogP contribution in [0.5, 0.6) is 0 Å². The number of nitrogens with zero attached hydrogens (tertiary/aromatic N) is 2. The summed E-state index contributed by atoms with van der Waals surface area (Å²) in [5.74, 6) is 0.381. The zero-order valence-electron chi connectivity index (χ0n) is 12.7. The van der Waals surface area contributed by atoms with E-state index in [1.807, 2.05) is 0 Å². The molecule has 19 heavy (non-hydrogen) atoms. The smallest absolute Gasteiger partial charge is 0.230 e. The van der Waals surface area contributed by atoms with Gasteiger partial charge in [0.25, 0.3) is 0 Å². The van der Waals surface area contributed by atoms with E-state index in [0.29, 0.717) is 11.9 Å². The van der Waals surface area contributed by atoms with Crippen LogP contribution in [-0.4, -0.2) is 62.0 Å². The van der Waals surface area contributed by atoms with Crippen LogP contribution in [0.15, 0.2) is 0 Å². The van der Waals surface area contributed by atoms with Crippen molar-refractivity contribution in [2.24, 2.45) is 5.41 Å². The molecule has 110 valence electrons. The molecule has 1 N–H and O–H groups in total. The van der Waals surface area contributed by atoms with Crippen LogP contribution in [0.1, 0.15) is 39.0 Å². The topological polar surface area (TPSA) is 35.6 Å².